The largest absolute Gasteiger partial charge is 0.451 e. The Morgan fingerprint density at radius 2 is 1.84 bits per heavy atom. The van der Waals surface area contributed by atoms with Gasteiger partial charge in [-0.05, 0) is 49.9 Å². The van der Waals surface area contributed by atoms with Crippen molar-refractivity contribution in [3.05, 3.63) is 35.0 Å². The van der Waals surface area contributed by atoms with Gasteiger partial charge in [0.25, 0.3) is 5.91 Å². The molecule has 1 heterocycles. The third-order valence-electron chi connectivity index (χ3n) is 4.86. The van der Waals surface area contributed by atoms with E-state index in [1.54, 1.807) is 6.07 Å². The lowest BCUT2D eigenvalue weighted by Crippen LogP contribution is -2.37. The third kappa shape index (κ3) is 4.41. The monoisotopic (exact) mass is 342 g/mol. The summed E-state index contributed by atoms with van der Waals surface area (Å²) < 4.78 is 5.18. The molecule has 1 amide bonds. The minimum Gasteiger partial charge on any atom is -0.451 e. The van der Waals surface area contributed by atoms with Crippen molar-refractivity contribution >= 4 is 22.8 Å². The molecule has 1 aromatic carbocycles. The fraction of sp³-hybridized carbons (Fsp3) is 0.500. The summed E-state index contributed by atoms with van der Waals surface area (Å²) in [7, 11) is 0. The molecule has 1 aliphatic rings. The Kier molecular flexibility index (Phi) is 5.41. The number of esters is 1. The van der Waals surface area contributed by atoms with Gasteiger partial charge in [-0.25, -0.2) is 4.79 Å². The summed E-state index contributed by atoms with van der Waals surface area (Å²) in [5.74, 6) is -0.715. The van der Waals surface area contributed by atoms with Crippen molar-refractivity contribution in [3.63, 3.8) is 0 Å². The van der Waals surface area contributed by atoms with Crippen molar-refractivity contribution < 1.29 is 14.3 Å². The average molecular weight is 342 g/mol. The third-order valence-corrected chi connectivity index (χ3v) is 4.86. The minimum absolute atomic E-state index is 0.215. The number of hydrogen-bond acceptors (Lipinski definition) is 3. The normalized spacial score (nSPS) is 15.8. The maximum atomic E-state index is 12.2. The van der Waals surface area contributed by atoms with Crippen molar-refractivity contribution in [1.29, 1.82) is 0 Å². The van der Waals surface area contributed by atoms with Crippen LogP contribution >= 0.6 is 0 Å². The highest BCUT2D eigenvalue weighted by atomic mass is 16.5. The van der Waals surface area contributed by atoms with E-state index in [4.69, 9.17) is 4.74 Å². The van der Waals surface area contributed by atoms with Crippen LogP contribution in [0.15, 0.2) is 18.2 Å². The highest BCUT2D eigenvalue weighted by molar-refractivity contribution is 5.96. The lowest BCUT2D eigenvalue weighted by molar-refractivity contribution is -0.125. The van der Waals surface area contributed by atoms with E-state index in [-0.39, 0.29) is 18.6 Å². The second-order valence-electron chi connectivity index (χ2n) is 7.06. The van der Waals surface area contributed by atoms with Gasteiger partial charge in [0.1, 0.15) is 5.69 Å². The predicted molar refractivity (Wildman–Crippen MR) is 97.7 cm³/mol. The van der Waals surface area contributed by atoms with Crippen molar-refractivity contribution in [2.45, 2.75) is 58.4 Å². The molecular weight excluding hydrogens is 316 g/mol. The molecule has 0 aliphatic heterocycles. The molecule has 0 atom stereocenters. The zero-order valence-corrected chi connectivity index (χ0v) is 15.0. The van der Waals surface area contributed by atoms with E-state index >= 15 is 0 Å². The number of benzene rings is 1. The molecule has 0 spiro atoms. The van der Waals surface area contributed by atoms with Crippen LogP contribution in [0.5, 0.6) is 0 Å². The first kappa shape index (κ1) is 17.5. The van der Waals surface area contributed by atoms with Crippen LogP contribution in [-0.2, 0) is 9.53 Å². The molecule has 0 radical (unpaired) electrons. The molecule has 0 unspecified atom stereocenters. The molecule has 1 fully saturated rings. The van der Waals surface area contributed by atoms with Crippen molar-refractivity contribution in [2.24, 2.45) is 0 Å². The Balaban J connectivity index is 1.57. The van der Waals surface area contributed by atoms with Crippen LogP contribution in [0, 0.1) is 13.8 Å². The van der Waals surface area contributed by atoms with Crippen LogP contribution in [0.2, 0.25) is 0 Å². The van der Waals surface area contributed by atoms with Crippen LogP contribution < -0.4 is 5.32 Å². The van der Waals surface area contributed by atoms with Crippen LogP contribution in [0.1, 0.15) is 60.1 Å². The maximum absolute atomic E-state index is 12.2. The number of amides is 1. The van der Waals surface area contributed by atoms with Crippen LogP contribution in [0.4, 0.5) is 0 Å². The number of carbonyl (C=O) groups excluding carboxylic acids is 2. The Morgan fingerprint density at radius 1 is 1.12 bits per heavy atom. The van der Waals surface area contributed by atoms with E-state index in [2.05, 4.69) is 16.4 Å². The Hall–Kier alpha value is -2.30. The molecule has 0 bridgehead atoms. The van der Waals surface area contributed by atoms with Crippen LogP contribution in [-0.4, -0.2) is 29.5 Å². The first-order valence-corrected chi connectivity index (χ1v) is 9.09. The zero-order chi connectivity index (χ0) is 17.8. The summed E-state index contributed by atoms with van der Waals surface area (Å²) in [6.45, 7) is 3.80. The molecule has 134 valence electrons. The van der Waals surface area contributed by atoms with E-state index in [1.807, 2.05) is 19.9 Å². The molecule has 2 N–H and O–H groups in total. The van der Waals surface area contributed by atoms with E-state index in [9.17, 15) is 9.59 Å². The van der Waals surface area contributed by atoms with Gasteiger partial charge in [-0.1, -0.05) is 31.7 Å². The summed E-state index contributed by atoms with van der Waals surface area (Å²) in [6, 6.07) is 6.08. The number of hydrogen-bond donors (Lipinski definition) is 2. The molecule has 0 saturated heterocycles. The van der Waals surface area contributed by atoms with Crippen molar-refractivity contribution in [1.82, 2.24) is 10.3 Å². The van der Waals surface area contributed by atoms with E-state index in [1.165, 1.54) is 12.8 Å². The topological polar surface area (TPSA) is 71.2 Å². The second kappa shape index (κ2) is 7.72. The molecule has 1 aliphatic carbocycles. The van der Waals surface area contributed by atoms with Crippen LogP contribution in [0.25, 0.3) is 10.9 Å². The summed E-state index contributed by atoms with van der Waals surface area (Å²) in [5, 5.41) is 3.98. The lowest BCUT2D eigenvalue weighted by atomic mass is 10.1. The summed E-state index contributed by atoms with van der Waals surface area (Å²) in [5.41, 5.74) is 3.53. The van der Waals surface area contributed by atoms with Crippen molar-refractivity contribution in [3.8, 4) is 0 Å². The molecule has 5 nitrogen and oxygen atoms in total. The molecule has 5 heteroatoms. The number of H-pyrrole nitrogens is 1. The standard InChI is InChI=1S/C20H26N2O3/c1-13-9-14(2)16-11-18(22-17(16)10-13)20(24)25-12-19(23)21-15-7-5-3-4-6-8-15/h9-11,15,22H,3-8,12H2,1-2H3,(H,21,23). The Labute approximate surface area is 148 Å². The van der Waals surface area contributed by atoms with Gasteiger partial charge in [-0.15, -0.1) is 0 Å². The number of aryl methyl sites for hydroxylation is 2. The summed E-state index contributed by atoms with van der Waals surface area (Å²) >= 11 is 0. The molecular formula is C20H26N2O3. The van der Waals surface area contributed by atoms with E-state index in [0.29, 0.717) is 5.69 Å². The van der Waals surface area contributed by atoms with Gasteiger partial charge in [0, 0.05) is 16.9 Å². The minimum atomic E-state index is -0.496. The SMILES string of the molecule is Cc1cc(C)c2cc(C(=O)OCC(=O)NC3CCCCCC3)[nH]c2c1. The molecule has 3 rings (SSSR count). The quantitative estimate of drug-likeness (QED) is 0.656. The van der Waals surface area contributed by atoms with Crippen molar-refractivity contribution in [2.75, 3.05) is 6.61 Å². The zero-order valence-electron chi connectivity index (χ0n) is 15.0. The number of aromatic amines is 1. The van der Waals surface area contributed by atoms with Gasteiger partial charge in [0.15, 0.2) is 6.61 Å². The maximum Gasteiger partial charge on any atom is 0.355 e. The number of rotatable bonds is 4. The molecule has 1 saturated carbocycles. The number of fused-ring (bicyclic) bond motifs is 1. The first-order valence-electron chi connectivity index (χ1n) is 9.09. The van der Waals surface area contributed by atoms with Gasteiger partial charge in [-0.3, -0.25) is 4.79 Å². The van der Waals surface area contributed by atoms with Gasteiger partial charge in [0.05, 0.1) is 0 Å². The number of ether oxygens (including phenoxy) is 1. The summed E-state index contributed by atoms with van der Waals surface area (Å²) in [4.78, 5) is 27.3. The lowest BCUT2D eigenvalue weighted by Gasteiger charge is -2.15. The molecule has 1 aromatic heterocycles. The Morgan fingerprint density at radius 3 is 2.56 bits per heavy atom. The fourth-order valence-corrected chi connectivity index (χ4v) is 3.61. The number of aromatic nitrogens is 1. The van der Waals surface area contributed by atoms with Gasteiger partial charge < -0.3 is 15.0 Å². The highest BCUT2D eigenvalue weighted by Crippen LogP contribution is 2.22. The van der Waals surface area contributed by atoms with Gasteiger partial charge >= 0.3 is 5.97 Å². The highest BCUT2D eigenvalue weighted by Gasteiger charge is 2.17. The Bertz CT molecular complexity index is 771. The fourth-order valence-electron chi connectivity index (χ4n) is 3.61. The molecule has 2 aromatic rings. The van der Waals surface area contributed by atoms with E-state index < -0.39 is 5.97 Å². The van der Waals surface area contributed by atoms with Gasteiger partial charge in [0.2, 0.25) is 0 Å². The first-order chi connectivity index (χ1) is 12.0. The predicted octanol–water partition coefficient (Wildman–Crippen LogP) is 3.78. The average Bonchev–Trinajstić information content (AvgIpc) is 2.83. The van der Waals surface area contributed by atoms with Gasteiger partial charge in [-0.2, -0.15) is 0 Å². The van der Waals surface area contributed by atoms with Crippen LogP contribution in [0.3, 0.4) is 0 Å². The summed E-state index contributed by atoms with van der Waals surface area (Å²) in [6.07, 6.45) is 6.80. The molecule has 25 heavy (non-hydrogen) atoms. The number of carbonyl (C=O) groups is 2. The second-order valence-corrected chi connectivity index (χ2v) is 7.06. The van der Waals surface area contributed by atoms with E-state index in [0.717, 1.165) is 47.7 Å². The smallest absolute Gasteiger partial charge is 0.355 e. The number of nitrogens with one attached hydrogen (secondary N) is 2.